The predicted molar refractivity (Wildman–Crippen MR) is 134 cm³/mol. The predicted octanol–water partition coefficient (Wildman–Crippen LogP) is 5.83. The van der Waals surface area contributed by atoms with Crippen molar-refractivity contribution in [3.8, 4) is 17.2 Å². The fourth-order valence-corrected chi connectivity index (χ4v) is 6.57. The number of aliphatic hydroxyl groups is 1. The van der Waals surface area contributed by atoms with Crippen molar-refractivity contribution in [3.05, 3.63) is 89.5 Å². The van der Waals surface area contributed by atoms with Crippen LogP contribution in [0.3, 0.4) is 0 Å². The number of likely N-dealkylation sites (tertiary alicyclic amines) is 1. The molecular formula is C30H31NO4. The van der Waals surface area contributed by atoms with E-state index in [1.807, 2.05) is 71.6 Å². The van der Waals surface area contributed by atoms with Gasteiger partial charge < -0.3 is 19.5 Å². The van der Waals surface area contributed by atoms with E-state index in [1.165, 1.54) is 0 Å². The number of amides is 1. The maximum atomic E-state index is 14.6. The molecular weight excluding hydrogens is 438 g/mol. The topological polar surface area (TPSA) is 59.0 Å². The van der Waals surface area contributed by atoms with Crippen LogP contribution in [0.1, 0.15) is 60.8 Å². The second kappa shape index (κ2) is 8.72. The summed E-state index contributed by atoms with van der Waals surface area (Å²) >= 11 is 0. The van der Waals surface area contributed by atoms with Gasteiger partial charge in [-0.3, -0.25) is 4.79 Å². The molecule has 180 valence electrons. The molecule has 3 aromatic carbocycles. The first-order chi connectivity index (χ1) is 17.1. The largest absolute Gasteiger partial charge is 0.496 e. The molecule has 5 heteroatoms. The molecule has 3 atom stereocenters. The Morgan fingerprint density at radius 2 is 1.54 bits per heavy atom. The van der Waals surface area contributed by atoms with Gasteiger partial charge in [-0.05, 0) is 37.5 Å². The summed E-state index contributed by atoms with van der Waals surface area (Å²) in [7, 11) is 1.67. The summed E-state index contributed by atoms with van der Waals surface area (Å²) in [6.07, 6.45) is 4.36. The Balaban J connectivity index is 1.48. The van der Waals surface area contributed by atoms with E-state index in [4.69, 9.17) is 9.47 Å². The van der Waals surface area contributed by atoms with Crippen LogP contribution in [-0.4, -0.2) is 35.2 Å². The van der Waals surface area contributed by atoms with Gasteiger partial charge in [0.25, 0.3) is 0 Å². The minimum atomic E-state index is -0.758. The summed E-state index contributed by atoms with van der Waals surface area (Å²) in [6, 6.07) is 23.4. The molecule has 35 heavy (non-hydrogen) atoms. The SMILES string of the molecule is COc1ccccc1C1C2CCCCC2(O)CCN1C(=O)C1c2ccccc2Oc2ccccc21. The molecule has 1 amide bonds. The van der Waals surface area contributed by atoms with Crippen LogP contribution in [0.4, 0.5) is 0 Å². The molecule has 1 N–H and O–H groups in total. The number of rotatable bonds is 3. The van der Waals surface area contributed by atoms with Gasteiger partial charge in [0.2, 0.25) is 5.91 Å². The first-order valence-corrected chi connectivity index (χ1v) is 12.6. The molecule has 1 saturated heterocycles. The molecule has 2 heterocycles. The maximum Gasteiger partial charge on any atom is 0.235 e. The van der Waals surface area contributed by atoms with E-state index in [0.29, 0.717) is 13.0 Å². The lowest BCUT2D eigenvalue weighted by atomic mass is 9.65. The minimum absolute atomic E-state index is 0.0319. The smallest absolute Gasteiger partial charge is 0.235 e. The summed E-state index contributed by atoms with van der Waals surface area (Å²) < 4.78 is 11.9. The molecule has 1 saturated carbocycles. The number of carbonyl (C=O) groups is 1. The highest BCUT2D eigenvalue weighted by Crippen LogP contribution is 2.53. The molecule has 0 radical (unpaired) electrons. The number of para-hydroxylation sites is 3. The summed E-state index contributed by atoms with van der Waals surface area (Å²) in [5.74, 6) is 1.78. The van der Waals surface area contributed by atoms with E-state index in [2.05, 4.69) is 6.07 Å². The normalized spacial score (nSPS) is 25.6. The van der Waals surface area contributed by atoms with Gasteiger partial charge in [0.1, 0.15) is 17.2 Å². The van der Waals surface area contributed by atoms with E-state index in [1.54, 1.807) is 7.11 Å². The molecule has 0 bridgehead atoms. The average molecular weight is 470 g/mol. The van der Waals surface area contributed by atoms with Crippen LogP contribution in [0.25, 0.3) is 0 Å². The molecule has 6 rings (SSSR count). The molecule has 2 aliphatic heterocycles. The van der Waals surface area contributed by atoms with E-state index in [0.717, 1.165) is 59.6 Å². The van der Waals surface area contributed by atoms with E-state index >= 15 is 0 Å². The van der Waals surface area contributed by atoms with Crippen molar-refractivity contribution in [1.82, 2.24) is 4.90 Å². The van der Waals surface area contributed by atoms with Crippen LogP contribution in [-0.2, 0) is 4.79 Å². The van der Waals surface area contributed by atoms with Gasteiger partial charge in [-0.15, -0.1) is 0 Å². The molecule has 5 nitrogen and oxygen atoms in total. The van der Waals surface area contributed by atoms with Crippen LogP contribution in [0.2, 0.25) is 0 Å². The Labute approximate surface area is 206 Å². The van der Waals surface area contributed by atoms with Crippen LogP contribution in [0.15, 0.2) is 72.8 Å². The fourth-order valence-electron chi connectivity index (χ4n) is 6.57. The van der Waals surface area contributed by atoms with Gasteiger partial charge in [-0.2, -0.15) is 0 Å². The Hall–Kier alpha value is -3.31. The highest BCUT2D eigenvalue weighted by Gasteiger charge is 2.52. The molecule has 0 spiro atoms. The van der Waals surface area contributed by atoms with Crippen LogP contribution in [0, 0.1) is 5.92 Å². The summed E-state index contributed by atoms with van der Waals surface area (Å²) in [4.78, 5) is 16.6. The standard InChI is InChI=1S/C30H31NO4/c1-34-24-14-5-4-12-22(24)28-23-13-8-9-17-30(23,33)18-19-31(28)29(32)27-20-10-2-6-15-25(20)35-26-16-7-3-11-21(26)27/h2-7,10-12,14-16,23,27-28,33H,8-9,13,17-19H2,1H3. The van der Waals surface area contributed by atoms with Crippen molar-refractivity contribution in [2.45, 2.75) is 49.7 Å². The van der Waals surface area contributed by atoms with Crippen LogP contribution >= 0.6 is 0 Å². The van der Waals surface area contributed by atoms with Crippen molar-refractivity contribution < 1.29 is 19.4 Å². The lowest BCUT2D eigenvalue weighted by Gasteiger charge is -2.53. The van der Waals surface area contributed by atoms with Crippen molar-refractivity contribution in [1.29, 1.82) is 0 Å². The molecule has 0 aromatic heterocycles. The monoisotopic (exact) mass is 469 g/mol. The van der Waals surface area contributed by atoms with Gasteiger partial charge in [-0.25, -0.2) is 0 Å². The van der Waals surface area contributed by atoms with Crippen molar-refractivity contribution >= 4 is 5.91 Å². The number of ether oxygens (including phenoxy) is 2. The van der Waals surface area contributed by atoms with Crippen molar-refractivity contribution in [2.24, 2.45) is 5.92 Å². The van der Waals surface area contributed by atoms with Gasteiger partial charge in [0.15, 0.2) is 0 Å². The quantitative estimate of drug-likeness (QED) is 0.525. The van der Waals surface area contributed by atoms with Gasteiger partial charge in [-0.1, -0.05) is 67.4 Å². The Morgan fingerprint density at radius 1 is 0.914 bits per heavy atom. The number of hydrogen-bond acceptors (Lipinski definition) is 4. The zero-order valence-corrected chi connectivity index (χ0v) is 20.0. The summed E-state index contributed by atoms with van der Waals surface area (Å²) in [5.41, 5.74) is 1.99. The fraction of sp³-hybridized carbons (Fsp3) is 0.367. The lowest BCUT2D eigenvalue weighted by Crippen LogP contribution is -2.57. The number of hydrogen-bond donors (Lipinski definition) is 1. The first kappa shape index (κ1) is 22.2. The second-order valence-electron chi connectivity index (χ2n) is 10.0. The highest BCUT2D eigenvalue weighted by atomic mass is 16.5. The lowest BCUT2D eigenvalue weighted by molar-refractivity contribution is -0.156. The van der Waals surface area contributed by atoms with Gasteiger partial charge in [0.05, 0.1) is 24.7 Å². The van der Waals surface area contributed by atoms with Crippen molar-refractivity contribution in [3.63, 3.8) is 0 Å². The number of methoxy groups -OCH3 is 1. The Morgan fingerprint density at radius 3 is 2.23 bits per heavy atom. The molecule has 3 aromatic rings. The third-order valence-electron chi connectivity index (χ3n) is 8.24. The number of carbonyl (C=O) groups excluding carboxylic acids is 1. The number of piperidine rings is 1. The Bertz CT molecular complexity index is 1210. The molecule has 1 aliphatic carbocycles. The number of nitrogens with zero attached hydrogens (tertiary/aromatic N) is 1. The zero-order chi connectivity index (χ0) is 24.0. The zero-order valence-electron chi connectivity index (χ0n) is 20.0. The molecule has 2 fully saturated rings. The number of benzene rings is 3. The van der Waals surface area contributed by atoms with Gasteiger partial charge >= 0.3 is 0 Å². The van der Waals surface area contributed by atoms with Crippen LogP contribution in [0.5, 0.6) is 17.2 Å². The maximum absolute atomic E-state index is 14.6. The number of fused-ring (bicyclic) bond motifs is 3. The average Bonchev–Trinajstić information content (AvgIpc) is 2.90. The van der Waals surface area contributed by atoms with E-state index in [9.17, 15) is 9.90 Å². The van der Waals surface area contributed by atoms with Crippen LogP contribution < -0.4 is 9.47 Å². The third-order valence-corrected chi connectivity index (χ3v) is 8.24. The van der Waals surface area contributed by atoms with E-state index in [-0.39, 0.29) is 17.9 Å². The second-order valence-corrected chi connectivity index (χ2v) is 10.0. The van der Waals surface area contributed by atoms with Crippen molar-refractivity contribution in [2.75, 3.05) is 13.7 Å². The minimum Gasteiger partial charge on any atom is -0.496 e. The van der Waals surface area contributed by atoms with Gasteiger partial charge in [0, 0.05) is 29.2 Å². The Kier molecular flexibility index (Phi) is 5.53. The summed E-state index contributed by atoms with van der Waals surface area (Å²) in [5, 5.41) is 11.7. The highest BCUT2D eigenvalue weighted by molar-refractivity contribution is 5.90. The third kappa shape index (κ3) is 3.61. The molecule has 3 unspecified atom stereocenters. The first-order valence-electron chi connectivity index (χ1n) is 12.6. The molecule has 3 aliphatic rings. The van der Waals surface area contributed by atoms with E-state index < -0.39 is 11.5 Å². The summed E-state index contributed by atoms with van der Waals surface area (Å²) in [6.45, 7) is 0.510.